The molecule has 2 aromatic heterocycles. The van der Waals surface area contributed by atoms with Gasteiger partial charge in [-0.25, -0.2) is 5.43 Å². The van der Waals surface area contributed by atoms with E-state index < -0.39 is 4.92 Å². The number of carbonyl (C=O) groups excluding carboxylic acids is 1. The van der Waals surface area contributed by atoms with Crippen molar-refractivity contribution in [2.45, 2.75) is 20.4 Å². The quantitative estimate of drug-likeness (QED) is 0.401. The van der Waals surface area contributed by atoms with Gasteiger partial charge in [-0.3, -0.25) is 19.6 Å². The Labute approximate surface area is 159 Å². The van der Waals surface area contributed by atoms with Crippen molar-refractivity contribution < 1.29 is 9.72 Å². The molecule has 0 spiro atoms. The van der Waals surface area contributed by atoms with Crippen molar-refractivity contribution in [3.63, 3.8) is 0 Å². The number of benzene rings is 1. The zero-order chi connectivity index (χ0) is 19.4. The molecule has 3 aromatic rings. The summed E-state index contributed by atoms with van der Waals surface area (Å²) in [4.78, 5) is 23.1. The van der Waals surface area contributed by atoms with Gasteiger partial charge in [-0.05, 0) is 43.7 Å². The molecule has 9 heteroatoms. The fourth-order valence-electron chi connectivity index (χ4n) is 2.55. The number of nitro groups is 1. The van der Waals surface area contributed by atoms with Crippen LogP contribution in [0, 0.1) is 24.0 Å². The molecule has 1 aromatic carbocycles. The largest absolute Gasteiger partial charge is 0.324 e. The summed E-state index contributed by atoms with van der Waals surface area (Å²) in [6.07, 6.45) is 1.38. The molecule has 0 radical (unpaired) electrons. The van der Waals surface area contributed by atoms with E-state index in [9.17, 15) is 14.9 Å². The van der Waals surface area contributed by atoms with E-state index in [1.54, 1.807) is 18.2 Å². The summed E-state index contributed by atoms with van der Waals surface area (Å²) in [7, 11) is 0. The second kappa shape index (κ2) is 7.92. The topological polar surface area (TPSA) is 102 Å². The molecular weight excluding hydrogens is 366 g/mol. The van der Waals surface area contributed by atoms with E-state index in [0.717, 1.165) is 28.3 Å². The average Bonchev–Trinajstić information content (AvgIpc) is 3.22. The molecule has 0 aliphatic carbocycles. The summed E-state index contributed by atoms with van der Waals surface area (Å²) >= 11 is 0.986. The number of aromatic nitrogens is 2. The van der Waals surface area contributed by atoms with Gasteiger partial charge < -0.3 is 0 Å². The molecule has 2 heterocycles. The van der Waals surface area contributed by atoms with Crippen molar-refractivity contribution in [2.75, 3.05) is 0 Å². The lowest BCUT2D eigenvalue weighted by molar-refractivity contribution is -0.380. The molecule has 0 bridgehead atoms. The Morgan fingerprint density at radius 2 is 2.15 bits per heavy atom. The molecule has 0 saturated heterocycles. The first kappa shape index (κ1) is 18.5. The molecule has 0 fully saturated rings. The van der Waals surface area contributed by atoms with Crippen LogP contribution >= 0.6 is 11.3 Å². The van der Waals surface area contributed by atoms with Crippen LogP contribution < -0.4 is 5.43 Å². The summed E-state index contributed by atoms with van der Waals surface area (Å²) in [5.41, 5.74) is 5.86. The monoisotopic (exact) mass is 383 g/mol. The predicted octanol–water partition coefficient (Wildman–Crippen LogP) is 3.28. The Hall–Kier alpha value is -3.33. The average molecular weight is 383 g/mol. The van der Waals surface area contributed by atoms with Gasteiger partial charge in [-0.15, -0.1) is 0 Å². The minimum atomic E-state index is -0.463. The summed E-state index contributed by atoms with van der Waals surface area (Å²) in [6, 6.07) is 12.2. The first-order valence-corrected chi connectivity index (χ1v) is 8.91. The van der Waals surface area contributed by atoms with Crippen LogP contribution in [0.25, 0.3) is 0 Å². The third kappa shape index (κ3) is 4.64. The number of hydrogen-bond acceptors (Lipinski definition) is 6. The molecule has 0 saturated carbocycles. The smallest absolute Gasteiger partial charge is 0.267 e. The number of carbonyl (C=O) groups is 1. The van der Waals surface area contributed by atoms with E-state index >= 15 is 0 Å². The van der Waals surface area contributed by atoms with Crippen molar-refractivity contribution >= 4 is 28.5 Å². The van der Waals surface area contributed by atoms with Crippen molar-refractivity contribution in [1.82, 2.24) is 15.2 Å². The number of hydrazone groups is 1. The Morgan fingerprint density at radius 1 is 1.33 bits per heavy atom. The molecule has 0 unspecified atom stereocenters. The number of aryl methyl sites for hydroxylation is 2. The first-order valence-electron chi connectivity index (χ1n) is 8.10. The van der Waals surface area contributed by atoms with E-state index in [-0.39, 0.29) is 10.9 Å². The van der Waals surface area contributed by atoms with Gasteiger partial charge in [0.05, 0.1) is 28.3 Å². The standard InChI is InChI=1S/C18H17N5O3S/c1-12-8-13(2)22(21-12)11-14-4-3-5-15(9-14)18(24)20-19-10-16-6-7-17(27-16)23(25)26/h3-10H,11H2,1-2H3,(H,20,24)/b19-10+. The maximum atomic E-state index is 12.3. The van der Waals surface area contributed by atoms with Crippen LogP contribution in [0.5, 0.6) is 0 Å². The molecule has 0 atom stereocenters. The number of nitrogens with one attached hydrogen (secondary N) is 1. The molecule has 27 heavy (non-hydrogen) atoms. The Bertz CT molecular complexity index is 1020. The van der Waals surface area contributed by atoms with Gasteiger partial charge in [0, 0.05) is 17.3 Å². The lowest BCUT2D eigenvalue weighted by atomic mass is 10.1. The van der Waals surface area contributed by atoms with E-state index in [4.69, 9.17) is 0 Å². The molecule has 0 aliphatic rings. The number of rotatable bonds is 6. The van der Waals surface area contributed by atoms with Crippen LogP contribution in [0.3, 0.4) is 0 Å². The van der Waals surface area contributed by atoms with Crippen LogP contribution in [0.15, 0.2) is 47.6 Å². The third-order valence-electron chi connectivity index (χ3n) is 3.78. The van der Waals surface area contributed by atoms with E-state index in [0.29, 0.717) is 17.0 Å². The molecule has 1 N–H and O–H groups in total. The van der Waals surface area contributed by atoms with Crippen molar-refractivity contribution in [3.8, 4) is 0 Å². The van der Waals surface area contributed by atoms with Crippen LogP contribution in [-0.4, -0.2) is 26.8 Å². The summed E-state index contributed by atoms with van der Waals surface area (Å²) in [6.45, 7) is 4.50. The summed E-state index contributed by atoms with van der Waals surface area (Å²) < 4.78 is 1.88. The number of hydrogen-bond donors (Lipinski definition) is 1. The van der Waals surface area contributed by atoms with Crippen LogP contribution in [-0.2, 0) is 6.54 Å². The van der Waals surface area contributed by atoms with E-state index in [2.05, 4.69) is 15.6 Å². The van der Waals surface area contributed by atoms with Crippen LogP contribution in [0.1, 0.15) is 32.2 Å². The fraction of sp³-hybridized carbons (Fsp3) is 0.167. The van der Waals surface area contributed by atoms with Crippen molar-refractivity contribution in [1.29, 1.82) is 0 Å². The van der Waals surface area contributed by atoms with Gasteiger partial charge in [0.2, 0.25) is 0 Å². The predicted molar refractivity (Wildman–Crippen MR) is 103 cm³/mol. The van der Waals surface area contributed by atoms with Crippen molar-refractivity contribution in [2.24, 2.45) is 5.10 Å². The van der Waals surface area contributed by atoms with E-state index in [1.807, 2.05) is 36.7 Å². The minimum absolute atomic E-state index is 0.0274. The minimum Gasteiger partial charge on any atom is -0.267 e. The maximum Gasteiger partial charge on any atom is 0.324 e. The number of nitrogens with zero attached hydrogens (tertiary/aromatic N) is 4. The lowest BCUT2D eigenvalue weighted by Gasteiger charge is -2.06. The van der Waals surface area contributed by atoms with E-state index in [1.165, 1.54) is 12.3 Å². The molecule has 8 nitrogen and oxygen atoms in total. The highest BCUT2D eigenvalue weighted by Crippen LogP contribution is 2.22. The SMILES string of the molecule is Cc1cc(C)n(Cc2cccc(C(=O)N/N=C/c3ccc([N+](=O)[O-])s3)c2)n1. The highest BCUT2D eigenvalue weighted by Gasteiger charge is 2.09. The van der Waals surface area contributed by atoms with Gasteiger partial charge in [0.1, 0.15) is 0 Å². The zero-order valence-corrected chi connectivity index (χ0v) is 15.6. The van der Waals surface area contributed by atoms with Gasteiger partial charge in [0.15, 0.2) is 0 Å². The summed E-state index contributed by atoms with van der Waals surface area (Å²) in [5, 5.41) is 19.0. The Balaban J connectivity index is 1.65. The molecule has 0 aliphatic heterocycles. The number of amides is 1. The normalized spacial score (nSPS) is 11.0. The van der Waals surface area contributed by atoms with Crippen LogP contribution in [0.2, 0.25) is 0 Å². The highest BCUT2D eigenvalue weighted by molar-refractivity contribution is 7.16. The van der Waals surface area contributed by atoms with Crippen LogP contribution in [0.4, 0.5) is 5.00 Å². The second-order valence-electron chi connectivity index (χ2n) is 5.92. The second-order valence-corrected chi connectivity index (χ2v) is 7.01. The molecule has 3 rings (SSSR count). The Morgan fingerprint density at radius 3 is 2.81 bits per heavy atom. The fourth-order valence-corrected chi connectivity index (χ4v) is 3.24. The van der Waals surface area contributed by atoms with Gasteiger partial charge in [-0.2, -0.15) is 10.2 Å². The van der Waals surface area contributed by atoms with Gasteiger partial charge in [0.25, 0.3) is 5.91 Å². The first-order chi connectivity index (χ1) is 12.9. The zero-order valence-electron chi connectivity index (χ0n) is 14.7. The third-order valence-corrected chi connectivity index (χ3v) is 4.75. The number of thiophene rings is 1. The lowest BCUT2D eigenvalue weighted by Crippen LogP contribution is -2.18. The van der Waals surface area contributed by atoms with Gasteiger partial charge in [-0.1, -0.05) is 23.5 Å². The van der Waals surface area contributed by atoms with Gasteiger partial charge >= 0.3 is 5.00 Å². The maximum absolute atomic E-state index is 12.3. The molecule has 1 amide bonds. The Kier molecular flexibility index (Phi) is 5.41. The molecule has 138 valence electrons. The summed E-state index contributed by atoms with van der Waals surface area (Å²) in [5.74, 6) is -0.354. The van der Waals surface area contributed by atoms with Crippen molar-refractivity contribution in [3.05, 3.63) is 80.0 Å². The highest BCUT2D eigenvalue weighted by atomic mass is 32.1. The molecular formula is C18H17N5O3S.